The lowest BCUT2D eigenvalue weighted by Gasteiger charge is -2.37. The number of para-hydroxylation sites is 1. The third-order valence-electron chi connectivity index (χ3n) is 14.3. The molecule has 0 fully saturated rings. The predicted octanol–water partition coefficient (Wildman–Crippen LogP) is 18.3. The highest BCUT2D eigenvalue weighted by Crippen LogP contribution is 2.60. The van der Waals surface area contributed by atoms with Gasteiger partial charge in [0.05, 0.1) is 17.1 Å². The van der Waals surface area contributed by atoms with Gasteiger partial charge in [-0.05, 0) is 113 Å². The molecule has 69 heavy (non-hydrogen) atoms. The van der Waals surface area contributed by atoms with Crippen molar-refractivity contribution in [3.05, 3.63) is 283 Å². The fourth-order valence-corrected chi connectivity index (χ4v) is 11.3. The highest BCUT2D eigenvalue weighted by molar-refractivity contribution is 6.11. The van der Waals surface area contributed by atoms with Gasteiger partial charge in [0.1, 0.15) is 0 Å². The summed E-state index contributed by atoms with van der Waals surface area (Å²) in [7, 11) is 0. The zero-order valence-corrected chi connectivity index (χ0v) is 38.2. The normalized spacial score (nSPS) is 11.9. The first-order valence-corrected chi connectivity index (χ1v) is 24.1. The summed E-state index contributed by atoms with van der Waals surface area (Å²) in [6.45, 7) is 0. The van der Waals surface area contributed by atoms with Crippen LogP contribution in [0.4, 0.5) is 17.1 Å². The van der Waals surface area contributed by atoms with Crippen molar-refractivity contribution in [3.63, 3.8) is 0 Å². The third-order valence-corrected chi connectivity index (χ3v) is 14.3. The molecule has 324 valence electrons. The number of benzene rings is 11. The SMILES string of the molecule is c1ccc(-c2ccccc2-c2ccccc2N(c2c3c(cc(-c4ccccc4)c2-c2ccccc2)-c2ccccc2C3)c2c3c(cc(-c4ccccc4)c2-c2ccccc2)-c2ccccc2C3)cc1. The minimum Gasteiger partial charge on any atom is -0.308 e. The van der Waals surface area contributed by atoms with Crippen LogP contribution in [0.25, 0.3) is 89.0 Å². The lowest BCUT2D eigenvalue weighted by Crippen LogP contribution is -2.18. The lowest BCUT2D eigenvalue weighted by molar-refractivity contribution is 1.17. The van der Waals surface area contributed by atoms with E-state index >= 15 is 0 Å². The van der Waals surface area contributed by atoms with Crippen molar-refractivity contribution in [2.45, 2.75) is 12.8 Å². The Morgan fingerprint density at radius 1 is 0.232 bits per heavy atom. The van der Waals surface area contributed by atoms with Crippen molar-refractivity contribution < 1.29 is 0 Å². The molecule has 0 atom stereocenters. The van der Waals surface area contributed by atoms with Gasteiger partial charge in [-0.1, -0.05) is 243 Å². The van der Waals surface area contributed by atoms with Crippen LogP contribution in [0.3, 0.4) is 0 Å². The number of hydrogen-bond donors (Lipinski definition) is 0. The van der Waals surface area contributed by atoms with Crippen LogP contribution in [0, 0.1) is 0 Å². The minimum atomic E-state index is 0.802. The molecule has 1 heteroatoms. The first kappa shape index (κ1) is 40.5. The molecule has 1 nitrogen and oxygen atoms in total. The van der Waals surface area contributed by atoms with Crippen LogP contribution in [-0.2, 0) is 12.8 Å². The largest absolute Gasteiger partial charge is 0.308 e. The van der Waals surface area contributed by atoms with E-state index in [-0.39, 0.29) is 0 Å². The second-order valence-corrected chi connectivity index (χ2v) is 18.2. The van der Waals surface area contributed by atoms with Crippen LogP contribution in [0.2, 0.25) is 0 Å². The van der Waals surface area contributed by atoms with Crippen molar-refractivity contribution in [2.24, 2.45) is 0 Å². The summed E-state index contributed by atoms with van der Waals surface area (Å²) >= 11 is 0. The Hall–Kier alpha value is -8.78. The van der Waals surface area contributed by atoms with E-state index in [9.17, 15) is 0 Å². The summed E-state index contributed by atoms with van der Waals surface area (Å²) in [5.41, 5.74) is 28.4. The van der Waals surface area contributed by atoms with E-state index in [1.54, 1.807) is 0 Å². The maximum absolute atomic E-state index is 2.75. The summed E-state index contributed by atoms with van der Waals surface area (Å²) in [5, 5.41) is 0. The number of anilines is 3. The molecule has 0 heterocycles. The molecule has 0 amide bonds. The van der Waals surface area contributed by atoms with Crippen LogP contribution in [-0.4, -0.2) is 0 Å². The molecule has 0 unspecified atom stereocenters. The quantitative estimate of drug-likeness (QED) is 0.140. The Labute approximate surface area is 404 Å². The van der Waals surface area contributed by atoms with Gasteiger partial charge in [0.25, 0.3) is 0 Å². The van der Waals surface area contributed by atoms with Gasteiger partial charge in [0, 0.05) is 29.5 Å². The molecule has 0 bridgehead atoms. The second-order valence-electron chi connectivity index (χ2n) is 18.2. The maximum atomic E-state index is 2.75. The smallest absolute Gasteiger partial charge is 0.0588 e. The first-order valence-electron chi connectivity index (χ1n) is 24.1. The molecular weight excluding hydrogens is 831 g/mol. The van der Waals surface area contributed by atoms with Gasteiger partial charge in [-0.25, -0.2) is 0 Å². The summed E-state index contributed by atoms with van der Waals surface area (Å²) < 4.78 is 0. The lowest BCUT2D eigenvalue weighted by atomic mass is 9.84. The van der Waals surface area contributed by atoms with Gasteiger partial charge in [-0.3, -0.25) is 0 Å². The number of fused-ring (bicyclic) bond motifs is 6. The number of rotatable bonds is 9. The summed E-state index contributed by atoms with van der Waals surface area (Å²) in [6, 6.07) is 96.6. The predicted molar refractivity (Wildman–Crippen MR) is 290 cm³/mol. The fraction of sp³-hybridized carbons (Fsp3) is 0.0294. The van der Waals surface area contributed by atoms with Gasteiger partial charge < -0.3 is 4.90 Å². The average molecular weight is 878 g/mol. The molecule has 2 aliphatic carbocycles. The molecule has 0 saturated heterocycles. The van der Waals surface area contributed by atoms with E-state index in [0.717, 1.165) is 18.5 Å². The fourth-order valence-electron chi connectivity index (χ4n) is 11.3. The second kappa shape index (κ2) is 17.1. The van der Waals surface area contributed by atoms with Crippen LogP contribution in [0.1, 0.15) is 22.3 Å². The highest BCUT2D eigenvalue weighted by atomic mass is 15.2. The molecule has 0 spiro atoms. The van der Waals surface area contributed by atoms with E-state index in [4.69, 9.17) is 0 Å². The van der Waals surface area contributed by atoms with E-state index < -0.39 is 0 Å². The van der Waals surface area contributed by atoms with Gasteiger partial charge in [-0.15, -0.1) is 0 Å². The highest BCUT2D eigenvalue weighted by Gasteiger charge is 2.37. The monoisotopic (exact) mass is 877 g/mol. The van der Waals surface area contributed by atoms with Crippen LogP contribution >= 0.6 is 0 Å². The number of hydrogen-bond acceptors (Lipinski definition) is 1. The van der Waals surface area contributed by atoms with E-state index in [1.165, 1.54) is 123 Å². The Balaban J connectivity index is 1.26. The number of nitrogens with zero attached hydrogens (tertiary/aromatic N) is 1. The zero-order chi connectivity index (χ0) is 45.7. The molecule has 11 aromatic rings. The standard InChI is InChI=1S/C68H47N/c1-6-24-46(25-7-1)53-36-20-21-39-56(53)57-40-22-23-41-64(57)69(67-62-42-51-34-16-18-37-54(51)60(62)44-58(47-26-8-2-9-27-47)65(67)49-30-12-4-13-31-49)68-63-43-52-35-17-19-38-55(52)61(63)45-59(48-28-10-3-11-29-48)66(68)50-32-14-5-15-33-50/h1-41,44-45H,42-43H2. The minimum absolute atomic E-state index is 0.802. The van der Waals surface area contributed by atoms with Crippen molar-refractivity contribution in [1.82, 2.24) is 0 Å². The van der Waals surface area contributed by atoms with Gasteiger partial charge >= 0.3 is 0 Å². The third kappa shape index (κ3) is 6.93. The molecule has 13 rings (SSSR count). The molecule has 0 aromatic heterocycles. The average Bonchev–Trinajstić information content (AvgIpc) is 4.00. The van der Waals surface area contributed by atoms with Gasteiger partial charge in [0.15, 0.2) is 0 Å². The van der Waals surface area contributed by atoms with Crippen molar-refractivity contribution in [1.29, 1.82) is 0 Å². The molecule has 11 aromatic carbocycles. The van der Waals surface area contributed by atoms with Crippen LogP contribution in [0.5, 0.6) is 0 Å². The molecule has 0 radical (unpaired) electrons. The Bertz CT molecular complexity index is 3500. The van der Waals surface area contributed by atoms with E-state index in [0.29, 0.717) is 0 Å². The zero-order valence-electron chi connectivity index (χ0n) is 38.2. The Kier molecular flexibility index (Phi) is 10.1. The van der Waals surface area contributed by atoms with Crippen molar-refractivity contribution in [2.75, 3.05) is 4.90 Å². The van der Waals surface area contributed by atoms with Crippen molar-refractivity contribution in [3.8, 4) is 89.0 Å². The van der Waals surface area contributed by atoms with Gasteiger partial charge in [-0.2, -0.15) is 0 Å². The summed E-state index contributed by atoms with van der Waals surface area (Å²) in [5.74, 6) is 0. The van der Waals surface area contributed by atoms with Crippen LogP contribution < -0.4 is 4.90 Å². The molecule has 0 N–H and O–H groups in total. The van der Waals surface area contributed by atoms with E-state index in [2.05, 4.69) is 266 Å². The topological polar surface area (TPSA) is 3.24 Å². The Morgan fingerprint density at radius 2 is 0.551 bits per heavy atom. The molecule has 0 saturated carbocycles. The molecular formula is C68H47N. The van der Waals surface area contributed by atoms with E-state index in [1.807, 2.05) is 0 Å². The van der Waals surface area contributed by atoms with Crippen molar-refractivity contribution >= 4 is 17.1 Å². The van der Waals surface area contributed by atoms with Crippen LogP contribution in [0.15, 0.2) is 261 Å². The summed E-state index contributed by atoms with van der Waals surface area (Å²) in [4.78, 5) is 2.75. The summed E-state index contributed by atoms with van der Waals surface area (Å²) in [6.07, 6.45) is 1.60. The van der Waals surface area contributed by atoms with Gasteiger partial charge in [0.2, 0.25) is 0 Å². The first-order chi connectivity index (χ1) is 34.3. The Morgan fingerprint density at radius 3 is 0.986 bits per heavy atom. The maximum Gasteiger partial charge on any atom is 0.0588 e. The molecule has 2 aliphatic rings. The molecule has 0 aliphatic heterocycles.